The van der Waals surface area contributed by atoms with Crippen LogP contribution in [0.4, 0.5) is 8.78 Å². The molecular formula is C30H35F2N7O4. The topological polar surface area (TPSA) is 112 Å². The molecule has 4 aromatic rings. The van der Waals surface area contributed by atoms with Crippen LogP contribution in [0.2, 0.25) is 0 Å². The molecule has 13 heteroatoms. The molecule has 1 aliphatic heterocycles. The van der Waals surface area contributed by atoms with E-state index in [-0.39, 0.29) is 23.9 Å². The predicted octanol–water partition coefficient (Wildman–Crippen LogP) is 4.90. The fourth-order valence-electron chi connectivity index (χ4n) is 5.31. The number of amides is 2. The number of imidazole rings is 1. The van der Waals surface area contributed by atoms with E-state index in [4.69, 9.17) is 9.26 Å². The largest absolute Gasteiger partial charge is 0.492 e. The number of rotatable bonds is 3. The quantitative estimate of drug-likeness (QED) is 0.331. The zero-order chi connectivity index (χ0) is 30.5. The molecule has 1 aromatic carbocycles. The van der Waals surface area contributed by atoms with Gasteiger partial charge < -0.3 is 23.6 Å². The van der Waals surface area contributed by atoms with Gasteiger partial charge in [-0.2, -0.15) is 13.9 Å². The van der Waals surface area contributed by atoms with Gasteiger partial charge >= 0.3 is 6.55 Å². The normalized spacial score (nSPS) is 15.2. The maximum atomic E-state index is 13.5. The van der Waals surface area contributed by atoms with Crippen molar-refractivity contribution in [2.24, 2.45) is 0 Å². The Labute approximate surface area is 248 Å². The van der Waals surface area contributed by atoms with E-state index < -0.39 is 12.5 Å². The highest BCUT2D eigenvalue weighted by Crippen LogP contribution is 2.24. The lowest BCUT2D eigenvalue weighted by molar-refractivity contribution is 0.0530. The van der Waals surface area contributed by atoms with Gasteiger partial charge in [0.25, 0.3) is 11.8 Å². The smallest absolute Gasteiger partial charge is 0.333 e. The Balaban J connectivity index is 1.40. The number of carbonyl (C=O) groups is 2. The number of nitrogens with zero attached hydrogens (tertiary/aromatic N) is 7. The number of hydrogen-bond acceptors (Lipinski definition) is 7. The Morgan fingerprint density at radius 3 is 2.37 bits per heavy atom. The molecule has 2 amide bonds. The molecule has 0 aliphatic carbocycles. The van der Waals surface area contributed by atoms with Crippen LogP contribution in [0.15, 0.2) is 47.2 Å². The van der Waals surface area contributed by atoms with E-state index in [1.54, 1.807) is 29.8 Å². The average molecular weight is 596 g/mol. The number of benzene rings is 1. The van der Waals surface area contributed by atoms with Crippen LogP contribution in [0.25, 0.3) is 11.4 Å². The van der Waals surface area contributed by atoms with E-state index in [9.17, 15) is 18.4 Å². The molecule has 0 radical (unpaired) electrons. The first kappa shape index (κ1) is 29.9. The number of alkyl halides is 2. The van der Waals surface area contributed by atoms with Crippen LogP contribution in [-0.2, 0) is 6.54 Å². The second-order valence-corrected chi connectivity index (χ2v) is 10.6. The summed E-state index contributed by atoms with van der Waals surface area (Å²) >= 11 is 0. The van der Waals surface area contributed by atoms with Crippen LogP contribution >= 0.6 is 0 Å². The van der Waals surface area contributed by atoms with E-state index >= 15 is 0 Å². The molecule has 5 rings (SSSR count). The first-order valence-electron chi connectivity index (χ1n) is 14.3. The Kier molecular flexibility index (Phi) is 9.17. The van der Waals surface area contributed by atoms with Crippen molar-refractivity contribution >= 4 is 11.8 Å². The average Bonchev–Trinajstić information content (AvgIpc) is 3.70. The van der Waals surface area contributed by atoms with E-state index in [1.807, 2.05) is 35.0 Å². The van der Waals surface area contributed by atoms with Crippen molar-refractivity contribution in [3.8, 4) is 17.1 Å². The molecule has 0 saturated heterocycles. The summed E-state index contributed by atoms with van der Waals surface area (Å²) in [6.07, 6.45) is 5.40. The zero-order valence-electron chi connectivity index (χ0n) is 24.5. The third-order valence-electron chi connectivity index (χ3n) is 7.52. The van der Waals surface area contributed by atoms with Gasteiger partial charge in [0, 0.05) is 49.8 Å². The molecule has 4 heterocycles. The fraction of sp³-hybridized carbons (Fsp3) is 0.433. The SMILES string of the molecule is Cc1noc(C)c1C(=O)N1CCCCN(C(=O)c2cc(C)n(C(F)F)n2)CCCn2ccnc2-c2cccc(c2)OCC1. The lowest BCUT2D eigenvalue weighted by atomic mass is 10.1. The maximum absolute atomic E-state index is 13.5. The van der Waals surface area contributed by atoms with Gasteiger partial charge in [-0.1, -0.05) is 17.3 Å². The summed E-state index contributed by atoms with van der Waals surface area (Å²) in [4.78, 5) is 34.9. The Morgan fingerprint density at radius 2 is 1.67 bits per heavy atom. The molecule has 0 spiro atoms. The van der Waals surface area contributed by atoms with Gasteiger partial charge in [-0.05, 0) is 58.2 Å². The van der Waals surface area contributed by atoms with Gasteiger partial charge in [0.1, 0.15) is 29.5 Å². The van der Waals surface area contributed by atoms with Crippen molar-refractivity contribution in [3.63, 3.8) is 0 Å². The molecule has 11 nitrogen and oxygen atoms in total. The molecule has 1 aliphatic rings. The highest BCUT2D eigenvalue weighted by molar-refractivity contribution is 5.96. The minimum absolute atomic E-state index is 0.0174. The van der Waals surface area contributed by atoms with E-state index in [0.717, 1.165) is 11.4 Å². The highest BCUT2D eigenvalue weighted by Gasteiger charge is 2.25. The number of aromatic nitrogens is 5. The maximum Gasteiger partial charge on any atom is 0.333 e. The van der Waals surface area contributed by atoms with Crippen molar-refractivity contribution in [3.05, 3.63) is 71.1 Å². The van der Waals surface area contributed by atoms with Crippen molar-refractivity contribution in [1.82, 2.24) is 34.3 Å². The van der Waals surface area contributed by atoms with Crippen LogP contribution in [0.3, 0.4) is 0 Å². The zero-order valence-corrected chi connectivity index (χ0v) is 24.5. The molecule has 2 bridgehead atoms. The Morgan fingerprint density at radius 1 is 0.930 bits per heavy atom. The number of fused-ring (bicyclic) bond motifs is 4. The van der Waals surface area contributed by atoms with Crippen LogP contribution in [-0.4, -0.2) is 78.9 Å². The van der Waals surface area contributed by atoms with Crippen molar-refractivity contribution in [2.75, 3.05) is 32.8 Å². The van der Waals surface area contributed by atoms with Gasteiger partial charge in [0.15, 0.2) is 5.69 Å². The summed E-state index contributed by atoms with van der Waals surface area (Å²) in [5, 5.41) is 7.81. The van der Waals surface area contributed by atoms with Gasteiger partial charge in [0.2, 0.25) is 0 Å². The lowest BCUT2D eigenvalue weighted by Gasteiger charge is -2.25. The van der Waals surface area contributed by atoms with Crippen molar-refractivity contribution in [2.45, 2.75) is 53.1 Å². The van der Waals surface area contributed by atoms with Gasteiger partial charge in [-0.3, -0.25) is 9.59 Å². The van der Waals surface area contributed by atoms with Crippen molar-refractivity contribution < 1.29 is 27.6 Å². The number of halogens is 2. The van der Waals surface area contributed by atoms with E-state index in [1.165, 1.54) is 13.0 Å². The molecule has 43 heavy (non-hydrogen) atoms. The van der Waals surface area contributed by atoms with E-state index in [0.29, 0.717) is 79.4 Å². The molecule has 228 valence electrons. The summed E-state index contributed by atoms with van der Waals surface area (Å²) in [5.74, 6) is 1.27. The Hall–Kier alpha value is -4.55. The summed E-state index contributed by atoms with van der Waals surface area (Å²) in [6, 6.07) is 9.01. The van der Waals surface area contributed by atoms with Gasteiger partial charge in [0.05, 0.1) is 12.2 Å². The predicted molar refractivity (Wildman–Crippen MR) is 153 cm³/mol. The van der Waals surface area contributed by atoms with E-state index in [2.05, 4.69) is 15.2 Å². The second kappa shape index (κ2) is 13.2. The minimum Gasteiger partial charge on any atom is -0.492 e. The first-order chi connectivity index (χ1) is 20.7. The number of carbonyl (C=O) groups excluding carboxylic acids is 2. The van der Waals surface area contributed by atoms with Crippen LogP contribution in [0, 0.1) is 20.8 Å². The first-order valence-corrected chi connectivity index (χ1v) is 14.3. The number of ether oxygens (including phenoxy) is 1. The Bertz CT molecular complexity index is 1560. The lowest BCUT2D eigenvalue weighted by Crippen LogP contribution is -2.37. The standard InChI is InChI=1S/C30H35F2N7O4/c1-20-18-25(34-39(20)30(31)32)28(40)37-11-4-5-12-38(29(41)26-21(2)35-43-22(26)3)16-17-42-24-9-6-8-23(19-24)27-33-10-15-36(27)13-7-14-37/h6,8-10,15,18-19,30H,4-5,7,11-14,16-17H2,1-3H3. The molecule has 3 aromatic heterocycles. The molecule has 0 atom stereocenters. The summed E-state index contributed by atoms with van der Waals surface area (Å²) in [5.41, 5.74) is 2.02. The van der Waals surface area contributed by atoms with Gasteiger partial charge in [-0.15, -0.1) is 0 Å². The molecular weight excluding hydrogens is 560 g/mol. The fourth-order valence-corrected chi connectivity index (χ4v) is 5.31. The summed E-state index contributed by atoms with van der Waals surface area (Å²) in [7, 11) is 0. The van der Waals surface area contributed by atoms with Crippen molar-refractivity contribution in [1.29, 1.82) is 0 Å². The van der Waals surface area contributed by atoms with Crippen LogP contribution in [0.5, 0.6) is 5.75 Å². The number of aryl methyl sites for hydroxylation is 4. The summed E-state index contributed by atoms with van der Waals surface area (Å²) < 4.78 is 40.6. The highest BCUT2D eigenvalue weighted by atomic mass is 19.3. The monoisotopic (exact) mass is 595 g/mol. The third kappa shape index (κ3) is 6.76. The molecule has 0 saturated carbocycles. The molecule has 0 fully saturated rings. The van der Waals surface area contributed by atoms with Gasteiger partial charge in [-0.25, -0.2) is 9.67 Å². The van der Waals surface area contributed by atoms with Crippen LogP contribution in [0.1, 0.15) is 63.8 Å². The number of hydrogen-bond donors (Lipinski definition) is 0. The van der Waals surface area contributed by atoms with Crippen LogP contribution < -0.4 is 4.74 Å². The second-order valence-electron chi connectivity index (χ2n) is 10.6. The minimum atomic E-state index is -2.83. The summed E-state index contributed by atoms with van der Waals surface area (Å²) in [6.45, 7) is 4.48. The molecule has 0 unspecified atom stereocenters. The molecule has 0 N–H and O–H groups in total. The third-order valence-corrected chi connectivity index (χ3v) is 7.52.